The molecule has 2 unspecified atom stereocenters. The minimum atomic E-state index is -0.317. The lowest BCUT2D eigenvalue weighted by Gasteiger charge is -2.38. The van der Waals surface area contributed by atoms with E-state index in [0.717, 1.165) is 41.1 Å². The molecule has 0 saturated heterocycles. The molecular weight excluding hydrogens is 330 g/mol. The van der Waals surface area contributed by atoms with E-state index in [1.54, 1.807) is 0 Å². The summed E-state index contributed by atoms with van der Waals surface area (Å²) in [5, 5.41) is 3.17. The van der Waals surface area contributed by atoms with Crippen LogP contribution < -0.4 is 5.32 Å². The predicted molar refractivity (Wildman–Crippen MR) is 89.6 cm³/mol. The van der Waals surface area contributed by atoms with Crippen molar-refractivity contribution in [1.82, 2.24) is 9.97 Å². The first-order valence-electron chi connectivity index (χ1n) is 7.94. The lowest BCUT2D eigenvalue weighted by molar-refractivity contribution is -0.0881. The average molecular weight is 356 g/mol. The van der Waals surface area contributed by atoms with Crippen LogP contribution >= 0.6 is 15.9 Å². The minimum absolute atomic E-state index is 0.317. The van der Waals surface area contributed by atoms with Crippen molar-refractivity contribution in [2.45, 2.75) is 58.5 Å². The molecule has 1 saturated carbocycles. The molecule has 5 heteroatoms. The Labute approximate surface area is 136 Å². The molecule has 0 amide bonds. The molecule has 1 aromatic heterocycles. The van der Waals surface area contributed by atoms with Crippen molar-refractivity contribution in [2.24, 2.45) is 5.92 Å². The Hall–Kier alpha value is -0.680. The summed E-state index contributed by atoms with van der Waals surface area (Å²) < 4.78 is 7.16. The van der Waals surface area contributed by atoms with Crippen molar-refractivity contribution in [3.05, 3.63) is 16.0 Å². The predicted octanol–water partition coefficient (Wildman–Crippen LogP) is 4.29. The highest BCUT2D eigenvalue weighted by Crippen LogP contribution is 2.42. The van der Waals surface area contributed by atoms with Crippen molar-refractivity contribution in [3.8, 4) is 0 Å². The van der Waals surface area contributed by atoms with Crippen molar-refractivity contribution >= 4 is 21.7 Å². The Balaban J connectivity index is 2.49. The van der Waals surface area contributed by atoms with Crippen LogP contribution in [-0.2, 0) is 16.8 Å². The quantitative estimate of drug-likeness (QED) is 0.855. The van der Waals surface area contributed by atoms with Gasteiger partial charge in [-0.1, -0.05) is 20.3 Å². The van der Waals surface area contributed by atoms with Gasteiger partial charge in [-0.05, 0) is 54.5 Å². The molecule has 118 valence electrons. The van der Waals surface area contributed by atoms with Crippen LogP contribution in [0.25, 0.3) is 0 Å². The SMILES string of the molecule is CCOC1(c2nc(CC)c(Br)c(NC)n2)CCCC(C)C1. The highest BCUT2D eigenvalue weighted by atomic mass is 79.9. The summed E-state index contributed by atoms with van der Waals surface area (Å²) in [6.45, 7) is 7.17. The highest BCUT2D eigenvalue weighted by molar-refractivity contribution is 9.10. The maximum Gasteiger partial charge on any atom is 0.162 e. The highest BCUT2D eigenvalue weighted by Gasteiger charge is 2.40. The zero-order valence-corrected chi connectivity index (χ0v) is 15.1. The molecule has 0 radical (unpaired) electrons. The number of rotatable bonds is 5. The molecule has 1 heterocycles. The summed E-state index contributed by atoms with van der Waals surface area (Å²) in [4.78, 5) is 9.58. The van der Waals surface area contributed by atoms with Crippen LogP contribution in [0.15, 0.2) is 4.47 Å². The largest absolute Gasteiger partial charge is 0.372 e. The van der Waals surface area contributed by atoms with E-state index in [1.165, 1.54) is 12.8 Å². The van der Waals surface area contributed by atoms with Gasteiger partial charge in [-0.2, -0.15) is 0 Å². The molecule has 0 aliphatic heterocycles. The van der Waals surface area contributed by atoms with Crippen LogP contribution in [-0.4, -0.2) is 23.6 Å². The number of nitrogens with one attached hydrogen (secondary N) is 1. The van der Waals surface area contributed by atoms with Crippen LogP contribution in [0.3, 0.4) is 0 Å². The van der Waals surface area contributed by atoms with Gasteiger partial charge in [0, 0.05) is 13.7 Å². The Bertz CT molecular complexity index is 465. The zero-order chi connectivity index (χ0) is 15.5. The van der Waals surface area contributed by atoms with Gasteiger partial charge in [0.1, 0.15) is 11.4 Å². The molecule has 1 N–H and O–H groups in total. The first-order valence-corrected chi connectivity index (χ1v) is 8.74. The Morgan fingerprint density at radius 3 is 2.71 bits per heavy atom. The van der Waals surface area contributed by atoms with Gasteiger partial charge in [0.25, 0.3) is 0 Å². The first-order chi connectivity index (χ1) is 10.1. The minimum Gasteiger partial charge on any atom is -0.372 e. The second kappa shape index (κ2) is 7.05. The summed E-state index contributed by atoms with van der Waals surface area (Å²) in [5.74, 6) is 2.36. The summed E-state index contributed by atoms with van der Waals surface area (Å²) >= 11 is 3.60. The second-order valence-corrected chi connectivity index (χ2v) is 6.68. The lowest BCUT2D eigenvalue weighted by Crippen LogP contribution is -2.37. The second-order valence-electron chi connectivity index (χ2n) is 5.89. The standard InChI is InChI=1S/C16H26BrN3O/c1-5-12-13(17)14(18-4)20-15(19-12)16(21-6-2)9-7-8-11(3)10-16/h11H,5-10H2,1-4H3,(H,18,19,20). The van der Waals surface area contributed by atoms with E-state index in [4.69, 9.17) is 14.7 Å². The van der Waals surface area contributed by atoms with Gasteiger partial charge in [0.2, 0.25) is 0 Å². The van der Waals surface area contributed by atoms with Crippen LogP contribution in [0.1, 0.15) is 58.0 Å². The van der Waals surface area contributed by atoms with Crippen molar-refractivity contribution in [1.29, 1.82) is 0 Å². The molecule has 21 heavy (non-hydrogen) atoms. The number of halogens is 1. The van der Waals surface area contributed by atoms with Gasteiger partial charge in [-0.15, -0.1) is 0 Å². The third-order valence-electron chi connectivity index (χ3n) is 4.28. The van der Waals surface area contributed by atoms with E-state index in [-0.39, 0.29) is 5.60 Å². The van der Waals surface area contributed by atoms with Gasteiger partial charge >= 0.3 is 0 Å². The summed E-state index contributed by atoms with van der Waals surface area (Å²) in [5.41, 5.74) is 0.726. The van der Waals surface area contributed by atoms with Gasteiger partial charge < -0.3 is 10.1 Å². The van der Waals surface area contributed by atoms with Crippen LogP contribution in [0.5, 0.6) is 0 Å². The van der Waals surface area contributed by atoms with Crippen molar-refractivity contribution in [2.75, 3.05) is 19.0 Å². The monoisotopic (exact) mass is 355 g/mol. The molecule has 0 bridgehead atoms. The average Bonchev–Trinajstić information content (AvgIpc) is 2.47. The van der Waals surface area contributed by atoms with E-state index < -0.39 is 0 Å². The molecular formula is C16H26BrN3O. The summed E-state index contributed by atoms with van der Waals surface area (Å²) in [6.07, 6.45) is 5.35. The van der Waals surface area contributed by atoms with E-state index in [9.17, 15) is 0 Å². The van der Waals surface area contributed by atoms with Crippen LogP contribution in [0.2, 0.25) is 0 Å². The van der Waals surface area contributed by atoms with E-state index in [0.29, 0.717) is 12.5 Å². The van der Waals surface area contributed by atoms with Gasteiger partial charge in [-0.25, -0.2) is 9.97 Å². The number of aryl methyl sites for hydroxylation is 1. The van der Waals surface area contributed by atoms with Crippen molar-refractivity contribution < 1.29 is 4.74 Å². The summed E-state index contributed by atoms with van der Waals surface area (Å²) in [6, 6.07) is 0. The molecule has 2 atom stereocenters. The van der Waals surface area contributed by atoms with Crippen LogP contribution in [0, 0.1) is 5.92 Å². The molecule has 0 aromatic carbocycles. The van der Waals surface area contributed by atoms with Crippen LogP contribution in [0.4, 0.5) is 5.82 Å². The van der Waals surface area contributed by atoms with Gasteiger partial charge in [-0.3, -0.25) is 0 Å². The van der Waals surface area contributed by atoms with E-state index in [1.807, 2.05) is 7.05 Å². The fourth-order valence-electron chi connectivity index (χ4n) is 3.28. The fourth-order valence-corrected chi connectivity index (χ4v) is 3.93. The number of hydrogen-bond acceptors (Lipinski definition) is 4. The fraction of sp³-hybridized carbons (Fsp3) is 0.750. The number of ether oxygens (including phenoxy) is 1. The normalized spacial score (nSPS) is 25.9. The Kier molecular flexibility index (Phi) is 5.60. The van der Waals surface area contributed by atoms with E-state index in [2.05, 4.69) is 42.0 Å². The van der Waals surface area contributed by atoms with Crippen molar-refractivity contribution in [3.63, 3.8) is 0 Å². The molecule has 1 aromatic rings. The summed E-state index contributed by atoms with van der Waals surface area (Å²) in [7, 11) is 1.90. The smallest absolute Gasteiger partial charge is 0.162 e. The lowest BCUT2D eigenvalue weighted by atomic mass is 9.78. The van der Waals surface area contributed by atoms with Gasteiger partial charge in [0.05, 0.1) is 10.2 Å². The third kappa shape index (κ3) is 3.39. The number of anilines is 1. The van der Waals surface area contributed by atoms with E-state index >= 15 is 0 Å². The van der Waals surface area contributed by atoms with Gasteiger partial charge in [0.15, 0.2) is 5.82 Å². The maximum atomic E-state index is 6.20. The molecule has 1 aliphatic carbocycles. The number of hydrogen-bond donors (Lipinski definition) is 1. The molecule has 4 nitrogen and oxygen atoms in total. The first kappa shape index (κ1) is 16.7. The molecule has 0 spiro atoms. The third-order valence-corrected chi connectivity index (χ3v) is 5.11. The topological polar surface area (TPSA) is 47.0 Å². The number of nitrogens with zero attached hydrogens (tertiary/aromatic N) is 2. The Morgan fingerprint density at radius 2 is 2.14 bits per heavy atom. The molecule has 1 aliphatic rings. The molecule has 1 fully saturated rings. The number of aromatic nitrogens is 2. The maximum absolute atomic E-state index is 6.20. The molecule has 2 rings (SSSR count). The Morgan fingerprint density at radius 1 is 1.38 bits per heavy atom. The zero-order valence-electron chi connectivity index (χ0n) is 13.5.